The minimum atomic E-state index is 0.148. The molecule has 0 radical (unpaired) electrons. The zero-order valence-corrected chi connectivity index (χ0v) is 11.2. The van der Waals surface area contributed by atoms with Crippen molar-refractivity contribution in [3.8, 4) is 11.6 Å². The summed E-state index contributed by atoms with van der Waals surface area (Å²) in [6.45, 7) is 2.02. The molecule has 2 aromatic rings. The minimum absolute atomic E-state index is 0.148. The second kappa shape index (κ2) is 4.81. The Morgan fingerprint density at radius 1 is 1.35 bits per heavy atom. The summed E-state index contributed by atoms with van der Waals surface area (Å²) in [4.78, 5) is 4.57. The number of aliphatic imine (C=N–C) groups is 1. The van der Waals surface area contributed by atoms with Gasteiger partial charge in [-0.2, -0.15) is 0 Å². The van der Waals surface area contributed by atoms with Gasteiger partial charge in [-0.1, -0.05) is 29.0 Å². The lowest BCUT2D eigenvalue weighted by Crippen LogP contribution is -1.93. The summed E-state index contributed by atoms with van der Waals surface area (Å²) in [5, 5.41) is 10.1. The molecule has 0 saturated heterocycles. The molecule has 0 saturated carbocycles. The van der Waals surface area contributed by atoms with Crippen LogP contribution >= 0.6 is 23.6 Å². The molecule has 1 heterocycles. The van der Waals surface area contributed by atoms with E-state index in [1.165, 1.54) is 16.9 Å². The second-order valence-electron chi connectivity index (χ2n) is 3.61. The van der Waals surface area contributed by atoms with Crippen molar-refractivity contribution in [2.75, 3.05) is 7.05 Å². The maximum absolute atomic E-state index is 10.1. The number of rotatable bonds is 2. The molecule has 0 unspecified atom stereocenters. The number of aryl methyl sites for hydroxylation is 1. The molecule has 1 aromatic carbocycles. The number of benzene rings is 1. The SMILES string of the molecule is CN=Cc1sc(=S)n(-c2ccc(C)cc2)c1O. The molecule has 5 heteroatoms. The highest BCUT2D eigenvalue weighted by Crippen LogP contribution is 2.28. The average Bonchev–Trinajstić information content (AvgIpc) is 2.57. The van der Waals surface area contributed by atoms with E-state index >= 15 is 0 Å². The van der Waals surface area contributed by atoms with Gasteiger partial charge in [-0.25, -0.2) is 0 Å². The van der Waals surface area contributed by atoms with Gasteiger partial charge in [-0.15, -0.1) is 0 Å². The first-order valence-electron chi connectivity index (χ1n) is 5.07. The molecule has 3 nitrogen and oxygen atoms in total. The number of nitrogens with zero attached hydrogens (tertiary/aromatic N) is 2. The smallest absolute Gasteiger partial charge is 0.216 e. The highest BCUT2D eigenvalue weighted by molar-refractivity contribution is 7.73. The lowest BCUT2D eigenvalue weighted by Gasteiger charge is -2.04. The summed E-state index contributed by atoms with van der Waals surface area (Å²) in [6.07, 6.45) is 1.61. The zero-order chi connectivity index (χ0) is 12.4. The number of aromatic nitrogens is 1. The standard InChI is InChI=1S/C12H12N2OS2/c1-8-3-5-9(6-4-8)14-11(15)10(7-13-2)17-12(14)16/h3-7,15H,1-2H3. The van der Waals surface area contributed by atoms with Gasteiger partial charge < -0.3 is 5.11 Å². The Bertz CT molecular complexity index is 608. The predicted molar refractivity (Wildman–Crippen MR) is 74.4 cm³/mol. The molecular formula is C12H12N2OS2. The third-order valence-corrected chi connectivity index (χ3v) is 3.65. The van der Waals surface area contributed by atoms with Crippen LogP contribution in [0.3, 0.4) is 0 Å². The van der Waals surface area contributed by atoms with Crippen molar-refractivity contribution < 1.29 is 5.11 Å². The molecule has 0 amide bonds. The van der Waals surface area contributed by atoms with E-state index in [1.807, 2.05) is 31.2 Å². The Morgan fingerprint density at radius 3 is 2.59 bits per heavy atom. The summed E-state index contributed by atoms with van der Waals surface area (Å²) in [5.41, 5.74) is 2.04. The van der Waals surface area contributed by atoms with E-state index in [4.69, 9.17) is 12.2 Å². The van der Waals surface area contributed by atoms with Crippen LogP contribution in [0.25, 0.3) is 5.69 Å². The van der Waals surface area contributed by atoms with E-state index in [-0.39, 0.29) is 5.88 Å². The molecule has 0 aliphatic rings. The Labute approximate surface area is 109 Å². The van der Waals surface area contributed by atoms with Gasteiger partial charge in [0.25, 0.3) is 0 Å². The van der Waals surface area contributed by atoms with Crippen LogP contribution in [0, 0.1) is 10.9 Å². The molecule has 1 aromatic heterocycles. The summed E-state index contributed by atoms with van der Waals surface area (Å²) in [7, 11) is 1.67. The second-order valence-corrected chi connectivity index (χ2v) is 5.29. The topological polar surface area (TPSA) is 37.5 Å². The maximum Gasteiger partial charge on any atom is 0.216 e. The Morgan fingerprint density at radius 2 is 2.00 bits per heavy atom. The van der Waals surface area contributed by atoms with Crippen LogP contribution in [0.15, 0.2) is 29.3 Å². The van der Waals surface area contributed by atoms with Crippen molar-refractivity contribution in [2.45, 2.75) is 6.92 Å². The average molecular weight is 264 g/mol. The van der Waals surface area contributed by atoms with E-state index in [9.17, 15) is 5.11 Å². The Balaban J connectivity index is 2.60. The quantitative estimate of drug-likeness (QED) is 0.667. The fourth-order valence-corrected chi connectivity index (χ4v) is 2.78. The fourth-order valence-electron chi connectivity index (χ4n) is 1.50. The lowest BCUT2D eigenvalue weighted by molar-refractivity contribution is 0.441. The van der Waals surface area contributed by atoms with Crippen LogP contribution in [-0.2, 0) is 0 Å². The van der Waals surface area contributed by atoms with Gasteiger partial charge in [0.05, 0.1) is 5.69 Å². The predicted octanol–water partition coefficient (Wildman–Crippen LogP) is 3.33. The van der Waals surface area contributed by atoms with Gasteiger partial charge in [0, 0.05) is 13.3 Å². The molecular weight excluding hydrogens is 252 g/mol. The first-order chi connectivity index (χ1) is 8.13. The molecule has 0 atom stereocenters. The van der Waals surface area contributed by atoms with Crippen molar-refractivity contribution in [2.24, 2.45) is 4.99 Å². The van der Waals surface area contributed by atoms with Gasteiger partial charge in [-0.05, 0) is 31.3 Å². The largest absolute Gasteiger partial charge is 0.493 e. The first-order valence-corrected chi connectivity index (χ1v) is 6.30. The third-order valence-electron chi connectivity index (χ3n) is 2.35. The molecule has 0 fully saturated rings. The Hall–Kier alpha value is -1.46. The number of thiazole rings is 1. The van der Waals surface area contributed by atoms with Gasteiger partial charge in [0.2, 0.25) is 5.88 Å². The van der Waals surface area contributed by atoms with Crippen molar-refractivity contribution in [3.63, 3.8) is 0 Å². The van der Waals surface area contributed by atoms with Crippen LogP contribution in [0.2, 0.25) is 0 Å². The van der Waals surface area contributed by atoms with Crippen LogP contribution in [0.4, 0.5) is 0 Å². The van der Waals surface area contributed by atoms with Gasteiger partial charge >= 0.3 is 0 Å². The van der Waals surface area contributed by atoms with E-state index < -0.39 is 0 Å². The van der Waals surface area contributed by atoms with E-state index in [2.05, 4.69) is 4.99 Å². The molecule has 88 valence electrons. The molecule has 2 rings (SSSR count). The molecule has 0 aliphatic carbocycles. The van der Waals surface area contributed by atoms with Gasteiger partial charge in [0.1, 0.15) is 4.88 Å². The van der Waals surface area contributed by atoms with Crippen LogP contribution in [-0.4, -0.2) is 22.9 Å². The van der Waals surface area contributed by atoms with E-state index in [0.717, 1.165) is 5.69 Å². The summed E-state index contributed by atoms with van der Waals surface area (Å²) in [6, 6.07) is 7.85. The monoisotopic (exact) mass is 264 g/mol. The van der Waals surface area contributed by atoms with Crippen LogP contribution in [0.1, 0.15) is 10.4 Å². The summed E-state index contributed by atoms with van der Waals surface area (Å²) in [5.74, 6) is 0.148. The number of hydrogen-bond acceptors (Lipinski definition) is 4. The molecule has 0 spiro atoms. The van der Waals surface area contributed by atoms with Gasteiger partial charge in [0.15, 0.2) is 3.95 Å². The minimum Gasteiger partial charge on any atom is -0.493 e. The molecule has 17 heavy (non-hydrogen) atoms. The molecule has 1 N–H and O–H groups in total. The highest BCUT2D eigenvalue weighted by atomic mass is 32.1. The third kappa shape index (κ3) is 2.30. The summed E-state index contributed by atoms with van der Waals surface area (Å²) < 4.78 is 2.26. The summed E-state index contributed by atoms with van der Waals surface area (Å²) >= 11 is 6.59. The van der Waals surface area contributed by atoms with Crippen molar-refractivity contribution in [1.82, 2.24) is 4.57 Å². The maximum atomic E-state index is 10.1. The zero-order valence-electron chi connectivity index (χ0n) is 9.54. The van der Waals surface area contributed by atoms with Crippen LogP contribution in [0.5, 0.6) is 5.88 Å². The molecule has 0 aliphatic heterocycles. The van der Waals surface area contributed by atoms with E-state index in [0.29, 0.717) is 8.83 Å². The lowest BCUT2D eigenvalue weighted by atomic mass is 10.2. The van der Waals surface area contributed by atoms with Crippen molar-refractivity contribution >= 4 is 29.8 Å². The Kier molecular flexibility index (Phi) is 3.40. The fraction of sp³-hybridized carbons (Fsp3) is 0.167. The van der Waals surface area contributed by atoms with E-state index in [1.54, 1.807) is 17.8 Å². The number of hydrogen-bond donors (Lipinski definition) is 1. The highest BCUT2D eigenvalue weighted by Gasteiger charge is 2.11. The number of aromatic hydroxyl groups is 1. The van der Waals surface area contributed by atoms with Gasteiger partial charge in [-0.3, -0.25) is 9.56 Å². The first kappa shape index (κ1) is 12.0. The molecule has 0 bridgehead atoms. The van der Waals surface area contributed by atoms with Crippen molar-refractivity contribution in [1.29, 1.82) is 0 Å². The van der Waals surface area contributed by atoms with Crippen LogP contribution < -0.4 is 0 Å². The van der Waals surface area contributed by atoms with Crippen molar-refractivity contribution in [3.05, 3.63) is 38.7 Å². The normalized spacial score (nSPS) is 11.2.